The molecule has 9 rings (SSSR count). The molecular weight excluding hydrogens is 785 g/mol. The Morgan fingerprint density at radius 3 is 1.34 bits per heavy atom. The maximum atomic E-state index is 5.44. The summed E-state index contributed by atoms with van der Waals surface area (Å²) in [5, 5.41) is 19.5. The Morgan fingerprint density at radius 1 is 0.565 bits per heavy atom. The Balaban J connectivity index is 0.000000207. The van der Waals surface area contributed by atoms with Crippen molar-refractivity contribution in [2.45, 2.75) is 92.4 Å². The van der Waals surface area contributed by atoms with Crippen molar-refractivity contribution in [3.05, 3.63) is 213 Å². The first-order chi connectivity index (χ1) is 30.5. The summed E-state index contributed by atoms with van der Waals surface area (Å²) in [6.07, 6.45) is 40.5. The third-order valence-corrected chi connectivity index (χ3v) is 9.68. The third kappa shape index (κ3) is 20.1. The molecule has 1 saturated heterocycles. The largest absolute Gasteiger partial charge is 0.687 e. The zero-order valence-corrected chi connectivity index (χ0v) is 38.7. The summed E-state index contributed by atoms with van der Waals surface area (Å²) < 4.78 is 10.4. The summed E-state index contributed by atoms with van der Waals surface area (Å²) in [6.45, 7) is 19.5. The van der Waals surface area contributed by atoms with Gasteiger partial charge in [-0.1, -0.05) is 76.5 Å². The van der Waals surface area contributed by atoms with E-state index in [-0.39, 0.29) is 12.1 Å². The molecule has 4 atom stereocenters. The van der Waals surface area contributed by atoms with Gasteiger partial charge in [0.15, 0.2) is 0 Å². The van der Waals surface area contributed by atoms with Gasteiger partial charge in [-0.25, -0.2) is 0 Å². The molecule has 9 nitrogen and oxygen atoms in total. The number of nitrogens with one attached hydrogen (secondary N) is 2. The Hall–Kier alpha value is -5.84. The van der Waals surface area contributed by atoms with Gasteiger partial charge in [0.05, 0.1) is 24.6 Å². The maximum absolute atomic E-state index is 5.44. The smallest absolute Gasteiger partial charge is 0.0985 e. The van der Waals surface area contributed by atoms with Gasteiger partial charge in [0, 0.05) is 38.0 Å². The second-order valence-corrected chi connectivity index (χ2v) is 15.5. The van der Waals surface area contributed by atoms with Crippen LogP contribution in [0.1, 0.15) is 64.2 Å². The van der Waals surface area contributed by atoms with Crippen molar-refractivity contribution in [3.8, 4) is 11.4 Å². The Bertz CT molecular complexity index is 1930. The van der Waals surface area contributed by atoms with Gasteiger partial charge in [-0.3, -0.25) is 15.0 Å². The normalized spacial score (nSPS) is 21.0. The summed E-state index contributed by atoms with van der Waals surface area (Å²) in [5.41, 5.74) is 12.0. The number of aryl methyl sites for hydroxylation is 3. The quantitative estimate of drug-likeness (QED) is 0.271. The van der Waals surface area contributed by atoms with Crippen molar-refractivity contribution in [3.63, 3.8) is 0 Å². The van der Waals surface area contributed by atoms with Crippen molar-refractivity contribution < 1.29 is 4.74 Å². The van der Waals surface area contributed by atoms with Crippen molar-refractivity contribution in [2.75, 3.05) is 19.8 Å². The van der Waals surface area contributed by atoms with Crippen molar-refractivity contribution >= 4 is 13.4 Å². The van der Waals surface area contributed by atoms with Gasteiger partial charge in [0.2, 0.25) is 0 Å². The van der Waals surface area contributed by atoms with E-state index in [9.17, 15) is 0 Å². The molecule has 6 aliphatic rings. The second-order valence-electron chi connectivity index (χ2n) is 15.5. The SMILES string of the molecule is C1CCOC1.CC1=CC(C2C=C(C)C=CN2)NC=C1.CC1=CC(C2C=C(C)C=C[N-]2)[N-]C=C1.CC1=CC[N-]C=C1.Cc1ccnc(-c2cc(C)ccn2)c1.Cc1ccncc1.[2H]S. The van der Waals surface area contributed by atoms with E-state index >= 15 is 0 Å². The molecule has 2 N–H and O–H groups in total. The van der Waals surface area contributed by atoms with Crippen LogP contribution in [0.2, 0.25) is 0 Å². The van der Waals surface area contributed by atoms with Gasteiger partial charge >= 0.3 is 0 Å². The molecular formula is C52H67N8OS-3. The second kappa shape index (κ2) is 28.6. The monoisotopic (exact) mass is 853 g/mol. The summed E-state index contributed by atoms with van der Waals surface area (Å²) >= 11 is 2.78. The summed E-state index contributed by atoms with van der Waals surface area (Å²) in [5.74, 6) is 0. The molecule has 4 unspecified atom stereocenters. The predicted molar refractivity (Wildman–Crippen MR) is 267 cm³/mol. The lowest BCUT2D eigenvalue weighted by molar-refractivity contribution is 0.198. The van der Waals surface area contributed by atoms with Crippen LogP contribution >= 0.6 is 13.4 Å². The van der Waals surface area contributed by atoms with E-state index in [1.165, 1.54) is 57.4 Å². The highest BCUT2D eigenvalue weighted by atomic mass is 32.1. The van der Waals surface area contributed by atoms with Crippen molar-refractivity contribution in [1.82, 2.24) is 25.6 Å². The highest BCUT2D eigenvalue weighted by Crippen LogP contribution is 2.26. The van der Waals surface area contributed by atoms with Gasteiger partial charge in [0.1, 0.15) is 0 Å². The van der Waals surface area contributed by atoms with Gasteiger partial charge in [-0.2, -0.15) is 32.0 Å². The number of rotatable bonds is 3. The number of ether oxygens (including phenoxy) is 1. The predicted octanol–water partition coefficient (Wildman–Crippen LogP) is 12.2. The zero-order valence-electron chi connectivity index (χ0n) is 38.8. The molecule has 62 heavy (non-hydrogen) atoms. The van der Waals surface area contributed by atoms with E-state index in [4.69, 9.17) is 5.86 Å². The Kier molecular flexibility index (Phi) is 22.6. The molecule has 3 aromatic heterocycles. The molecule has 0 bridgehead atoms. The fraction of sp³-hybridized carbons (Fsp3) is 0.327. The van der Waals surface area contributed by atoms with E-state index in [1.54, 1.807) is 12.4 Å². The molecule has 9 heterocycles. The van der Waals surface area contributed by atoms with Crippen LogP contribution in [-0.2, 0) is 4.74 Å². The molecule has 0 saturated carbocycles. The molecule has 330 valence electrons. The lowest BCUT2D eigenvalue weighted by Gasteiger charge is -2.45. The summed E-state index contributed by atoms with van der Waals surface area (Å²) in [7, 11) is 0. The lowest BCUT2D eigenvalue weighted by Crippen LogP contribution is -2.44. The molecule has 10 heteroatoms. The third-order valence-electron chi connectivity index (χ3n) is 9.68. The van der Waals surface area contributed by atoms with Crippen LogP contribution < -0.4 is 10.6 Å². The Labute approximate surface area is 380 Å². The number of aromatic nitrogens is 3. The number of pyridine rings is 3. The molecule has 3 aromatic rings. The average molecular weight is 853 g/mol. The number of hydrogen-bond acceptors (Lipinski definition) is 6. The minimum absolute atomic E-state index is 0.180. The van der Waals surface area contributed by atoms with Crippen LogP contribution in [0.25, 0.3) is 27.3 Å². The van der Waals surface area contributed by atoms with Crippen LogP contribution in [0.5, 0.6) is 0 Å². The van der Waals surface area contributed by atoms with E-state index in [0.29, 0.717) is 12.1 Å². The fourth-order valence-electron chi connectivity index (χ4n) is 6.18. The topological polar surface area (TPSA) is 114 Å². The van der Waals surface area contributed by atoms with Crippen LogP contribution in [0, 0.1) is 20.8 Å². The molecule has 0 aliphatic carbocycles. The standard InChI is InChI=1S/C12H16N2.C12H14N2.C12H12N2.C6H8N.C6H7N.C4H8O.H2S/c3*1-9-3-5-13-11(7-9)12-8-10(2)4-6-14-12;2*1-6-2-4-7-5-3-6;1-2-4-5-3-1;/h3-8,11-14H,1-2H3;3-8,11-12H,1-2H3;3-8H,1-2H3;2-4H,5H2,1H3;2-5H,1H3;1-4H2;1H2/q;-2;;-1;;;/i/hD. The molecule has 0 radical (unpaired) electrons. The van der Waals surface area contributed by atoms with E-state index in [1.807, 2.05) is 105 Å². The first kappa shape index (κ1) is 48.8. The summed E-state index contributed by atoms with van der Waals surface area (Å²) in [4.78, 5) is 12.4. The van der Waals surface area contributed by atoms with E-state index < -0.39 is 0 Å². The highest BCUT2D eigenvalue weighted by Gasteiger charge is 2.18. The highest BCUT2D eigenvalue weighted by molar-refractivity contribution is 7.59. The Morgan fingerprint density at radius 2 is 1.02 bits per heavy atom. The van der Waals surface area contributed by atoms with E-state index in [2.05, 4.69) is 146 Å². The average Bonchev–Trinajstić information content (AvgIpc) is 3.90. The van der Waals surface area contributed by atoms with Gasteiger partial charge < -0.3 is 31.3 Å². The van der Waals surface area contributed by atoms with Crippen LogP contribution in [-0.4, -0.2) is 60.0 Å². The molecule has 0 amide bonds. The van der Waals surface area contributed by atoms with Gasteiger partial charge in [0.25, 0.3) is 0 Å². The minimum atomic E-state index is 0.180. The minimum Gasteiger partial charge on any atom is -0.687 e. The van der Waals surface area contributed by atoms with Crippen LogP contribution in [0.4, 0.5) is 0 Å². The van der Waals surface area contributed by atoms with Crippen LogP contribution in [0.15, 0.2) is 181 Å². The number of hydrogen-bond donors (Lipinski definition) is 2. The lowest BCUT2D eigenvalue weighted by atomic mass is 9.99. The van der Waals surface area contributed by atoms with Crippen LogP contribution in [0.3, 0.4) is 0 Å². The van der Waals surface area contributed by atoms with Crippen molar-refractivity contribution in [1.29, 1.82) is 1.12 Å². The number of allylic oxidation sites excluding steroid dienone is 10. The number of dihydropyridines is 2. The molecule has 6 aliphatic heterocycles. The number of nitrogens with zero attached hydrogens (tertiary/aromatic N) is 6. The van der Waals surface area contributed by atoms with E-state index in [0.717, 1.165) is 31.1 Å². The zero-order chi connectivity index (χ0) is 45.7. The van der Waals surface area contributed by atoms with Gasteiger partial charge in [-0.15, -0.1) is 18.6 Å². The molecule has 0 spiro atoms. The molecule has 1 fully saturated rings. The first-order valence-electron chi connectivity index (χ1n) is 21.6. The molecule has 0 aromatic carbocycles. The first-order valence-corrected chi connectivity index (χ1v) is 21.2. The summed E-state index contributed by atoms with van der Waals surface area (Å²) in [6, 6.07) is 13.1. The maximum Gasteiger partial charge on any atom is 0.0985 e. The van der Waals surface area contributed by atoms with Crippen molar-refractivity contribution in [2.24, 2.45) is 0 Å². The van der Waals surface area contributed by atoms with Gasteiger partial charge in [-0.05, 0) is 146 Å². The fourth-order valence-corrected chi connectivity index (χ4v) is 6.18.